The summed E-state index contributed by atoms with van der Waals surface area (Å²) in [4.78, 5) is 34.7. The monoisotopic (exact) mass is 550 g/mol. The smallest absolute Gasteiger partial charge is 0.276 e. The van der Waals surface area contributed by atoms with E-state index in [4.69, 9.17) is 11.6 Å². The van der Waals surface area contributed by atoms with Gasteiger partial charge in [-0.15, -0.1) is 0 Å². The zero-order valence-corrected chi connectivity index (χ0v) is 21.2. The standard InChI is InChI=1S/C26H17ClF2N6O2S/c1-12-30-9-13(10-31-12)20-8-19(32-26(37)24-17-7-15(29)3-5-21(17)38-34-24)25-23(33-22(36)11-35(20)25)16-6-14(28)2-4-18(16)27/h2-10,23H,11H2,1H3,(H,32,37)(H,33,36). The van der Waals surface area contributed by atoms with E-state index in [0.29, 0.717) is 44.1 Å². The zero-order chi connectivity index (χ0) is 26.6. The lowest BCUT2D eigenvalue weighted by molar-refractivity contribution is -0.123. The second-order valence-corrected chi connectivity index (χ2v) is 9.94. The molecule has 8 nitrogen and oxygen atoms in total. The third-order valence-corrected chi connectivity index (χ3v) is 7.43. The number of nitrogens with one attached hydrogen (secondary N) is 2. The van der Waals surface area contributed by atoms with E-state index in [0.717, 1.165) is 11.5 Å². The number of carbonyl (C=O) groups excluding carboxylic acids is 2. The first kappa shape index (κ1) is 24.1. The maximum absolute atomic E-state index is 14.3. The molecule has 0 saturated heterocycles. The van der Waals surface area contributed by atoms with Crippen molar-refractivity contribution >= 4 is 50.7 Å². The summed E-state index contributed by atoms with van der Waals surface area (Å²) < 4.78 is 34.8. The van der Waals surface area contributed by atoms with Gasteiger partial charge in [0.2, 0.25) is 5.91 Å². The van der Waals surface area contributed by atoms with Crippen molar-refractivity contribution in [2.24, 2.45) is 0 Å². The van der Waals surface area contributed by atoms with Crippen molar-refractivity contribution in [3.05, 3.63) is 94.3 Å². The highest BCUT2D eigenvalue weighted by Crippen LogP contribution is 2.40. The minimum absolute atomic E-state index is 0.0600. The number of hydrogen-bond acceptors (Lipinski definition) is 6. The minimum Gasteiger partial charge on any atom is -0.342 e. The van der Waals surface area contributed by atoms with E-state index >= 15 is 0 Å². The van der Waals surface area contributed by atoms with Gasteiger partial charge in [-0.05, 0) is 60.9 Å². The Balaban J connectivity index is 1.52. The first-order valence-electron chi connectivity index (χ1n) is 11.4. The molecule has 12 heteroatoms. The van der Waals surface area contributed by atoms with E-state index in [1.165, 1.54) is 30.3 Å². The van der Waals surface area contributed by atoms with Crippen molar-refractivity contribution in [3.63, 3.8) is 0 Å². The maximum Gasteiger partial charge on any atom is 0.276 e. The van der Waals surface area contributed by atoms with Crippen LogP contribution in [0.2, 0.25) is 5.02 Å². The van der Waals surface area contributed by atoms with Crippen LogP contribution in [0.5, 0.6) is 0 Å². The largest absolute Gasteiger partial charge is 0.342 e. The number of hydrogen-bond donors (Lipinski definition) is 2. The summed E-state index contributed by atoms with van der Waals surface area (Å²) in [6.07, 6.45) is 3.23. The molecule has 0 fully saturated rings. The summed E-state index contributed by atoms with van der Waals surface area (Å²) >= 11 is 7.51. The number of halogens is 3. The molecular formula is C26H17ClF2N6O2S. The highest BCUT2D eigenvalue weighted by Gasteiger charge is 2.34. The summed E-state index contributed by atoms with van der Waals surface area (Å²) in [7, 11) is 0. The van der Waals surface area contributed by atoms with E-state index in [2.05, 4.69) is 25.0 Å². The predicted molar refractivity (Wildman–Crippen MR) is 139 cm³/mol. The molecule has 4 heterocycles. The molecule has 38 heavy (non-hydrogen) atoms. The van der Waals surface area contributed by atoms with Crippen molar-refractivity contribution in [1.82, 2.24) is 24.2 Å². The van der Waals surface area contributed by atoms with Crippen molar-refractivity contribution < 1.29 is 18.4 Å². The lowest BCUT2D eigenvalue weighted by Gasteiger charge is -2.29. The summed E-state index contributed by atoms with van der Waals surface area (Å²) in [6, 6.07) is 8.81. The lowest BCUT2D eigenvalue weighted by atomic mass is 10.0. The summed E-state index contributed by atoms with van der Waals surface area (Å²) in [5.41, 5.74) is 2.38. The third kappa shape index (κ3) is 4.19. The summed E-state index contributed by atoms with van der Waals surface area (Å²) in [5, 5.41) is 6.35. The molecule has 0 aliphatic carbocycles. The Morgan fingerprint density at radius 3 is 2.66 bits per heavy atom. The molecule has 1 aliphatic rings. The van der Waals surface area contributed by atoms with Gasteiger partial charge in [-0.2, -0.15) is 4.37 Å². The van der Waals surface area contributed by atoms with Crippen molar-refractivity contribution in [1.29, 1.82) is 0 Å². The molecule has 0 bridgehead atoms. The Kier molecular flexibility index (Phi) is 5.88. The molecule has 3 aromatic heterocycles. The fourth-order valence-electron chi connectivity index (χ4n) is 4.55. The Morgan fingerprint density at radius 1 is 1.13 bits per heavy atom. The topological polar surface area (TPSA) is 102 Å². The van der Waals surface area contributed by atoms with E-state index < -0.39 is 23.6 Å². The van der Waals surface area contributed by atoms with Crippen LogP contribution in [0.1, 0.15) is 33.6 Å². The second kappa shape index (κ2) is 9.26. The minimum atomic E-state index is -0.875. The molecule has 1 aliphatic heterocycles. The lowest BCUT2D eigenvalue weighted by Crippen LogP contribution is -2.39. The number of nitrogens with zero attached hydrogens (tertiary/aromatic N) is 4. The first-order chi connectivity index (χ1) is 18.3. The molecule has 6 rings (SSSR count). The zero-order valence-electron chi connectivity index (χ0n) is 19.6. The predicted octanol–water partition coefficient (Wildman–Crippen LogP) is 5.27. The Labute approximate surface area is 223 Å². The van der Waals surface area contributed by atoms with Gasteiger partial charge in [0.15, 0.2) is 0 Å². The van der Waals surface area contributed by atoms with E-state index in [1.54, 1.807) is 36.0 Å². The molecule has 0 radical (unpaired) electrons. The van der Waals surface area contributed by atoms with Crippen LogP contribution in [0.25, 0.3) is 21.3 Å². The second-order valence-electron chi connectivity index (χ2n) is 8.73. The van der Waals surface area contributed by atoms with Crippen molar-refractivity contribution in [3.8, 4) is 11.3 Å². The number of amides is 2. The van der Waals surface area contributed by atoms with Crippen LogP contribution in [0.3, 0.4) is 0 Å². The molecule has 2 aromatic carbocycles. The van der Waals surface area contributed by atoms with Gasteiger partial charge in [0.1, 0.15) is 29.7 Å². The number of aromatic nitrogens is 4. The average Bonchev–Trinajstić information content (AvgIpc) is 3.47. The molecular weight excluding hydrogens is 534 g/mol. The molecule has 2 amide bonds. The van der Waals surface area contributed by atoms with Crippen LogP contribution in [0.15, 0.2) is 54.9 Å². The third-order valence-electron chi connectivity index (χ3n) is 6.26. The number of fused-ring (bicyclic) bond motifs is 2. The van der Waals surface area contributed by atoms with Crippen molar-refractivity contribution in [2.75, 3.05) is 5.32 Å². The normalized spacial score (nSPS) is 14.8. The number of carbonyl (C=O) groups is 2. The molecule has 0 spiro atoms. The Bertz CT molecular complexity index is 1750. The van der Waals surface area contributed by atoms with Gasteiger partial charge in [0.05, 0.1) is 27.8 Å². The highest BCUT2D eigenvalue weighted by atomic mass is 35.5. The van der Waals surface area contributed by atoms with Crippen LogP contribution in [-0.4, -0.2) is 30.7 Å². The van der Waals surface area contributed by atoms with Gasteiger partial charge in [0.25, 0.3) is 5.91 Å². The number of anilines is 1. The van der Waals surface area contributed by atoms with Gasteiger partial charge in [0, 0.05) is 33.9 Å². The molecule has 1 atom stereocenters. The average molecular weight is 551 g/mol. The summed E-state index contributed by atoms with van der Waals surface area (Å²) in [5.74, 6) is -1.35. The SMILES string of the molecule is Cc1ncc(-c2cc(NC(=O)c3nsc4ccc(F)cc34)c3n2CC(=O)NC3c2cc(F)ccc2Cl)cn1. The van der Waals surface area contributed by atoms with E-state index in [1.807, 2.05) is 0 Å². The van der Waals surface area contributed by atoms with E-state index in [9.17, 15) is 18.4 Å². The van der Waals surface area contributed by atoms with Crippen LogP contribution < -0.4 is 10.6 Å². The molecule has 1 unspecified atom stereocenters. The highest BCUT2D eigenvalue weighted by molar-refractivity contribution is 7.13. The van der Waals surface area contributed by atoms with Crippen molar-refractivity contribution in [2.45, 2.75) is 19.5 Å². The number of rotatable bonds is 4. The van der Waals surface area contributed by atoms with Gasteiger partial charge >= 0.3 is 0 Å². The van der Waals surface area contributed by atoms with Gasteiger partial charge < -0.3 is 15.2 Å². The van der Waals surface area contributed by atoms with E-state index in [-0.39, 0.29) is 23.2 Å². The van der Waals surface area contributed by atoms with Gasteiger partial charge in [-0.1, -0.05) is 11.6 Å². The molecule has 5 aromatic rings. The van der Waals surface area contributed by atoms with Crippen LogP contribution in [0.4, 0.5) is 14.5 Å². The fourth-order valence-corrected chi connectivity index (χ4v) is 5.53. The summed E-state index contributed by atoms with van der Waals surface area (Å²) in [6.45, 7) is 1.68. The van der Waals surface area contributed by atoms with Crippen LogP contribution >= 0.6 is 23.1 Å². The van der Waals surface area contributed by atoms with Crippen LogP contribution in [-0.2, 0) is 11.3 Å². The number of benzene rings is 2. The van der Waals surface area contributed by atoms with Gasteiger partial charge in [-0.3, -0.25) is 9.59 Å². The quantitative estimate of drug-likeness (QED) is 0.317. The molecule has 190 valence electrons. The Morgan fingerprint density at radius 2 is 1.87 bits per heavy atom. The number of aryl methyl sites for hydroxylation is 1. The Hall–Kier alpha value is -4.22. The van der Waals surface area contributed by atoms with Gasteiger partial charge in [-0.25, -0.2) is 18.7 Å². The molecule has 2 N–H and O–H groups in total. The first-order valence-corrected chi connectivity index (χ1v) is 12.6. The maximum atomic E-state index is 14.3. The molecule has 0 saturated carbocycles. The van der Waals surface area contributed by atoms with Crippen LogP contribution in [0, 0.1) is 18.6 Å². The fraction of sp³-hybridized carbons (Fsp3) is 0.115.